The molecular formula is C11H20O3. The van der Waals surface area contributed by atoms with Crippen molar-refractivity contribution in [3.8, 4) is 0 Å². The standard InChI is InChI=1S/C11H20O3/c1-14-8-4-7-10(11(12)13)9-5-2-3-6-9/h9-10H,2-8H2,1H3,(H,12,13). The van der Waals surface area contributed by atoms with Crippen LogP contribution in [0.2, 0.25) is 0 Å². The van der Waals surface area contributed by atoms with Crippen LogP contribution in [0.4, 0.5) is 0 Å². The van der Waals surface area contributed by atoms with Crippen molar-refractivity contribution in [1.82, 2.24) is 0 Å². The van der Waals surface area contributed by atoms with Crippen molar-refractivity contribution in [3.05, 3.63) is 0 Å². The molecule has 1 unspecified atom stereocenters. The molecule has 1 fully saturated rings. The zero-order valence-electron chi connectivity index (χ0n) is 8.87. The number of rotatable bonds is 6. The predicted molar refractivity (Wildman–Crippen MR) is 54.2 cm³/mol. The molecule has 1 N–H and O–H groups in total. The number of aliphatic carboxylic acids is 1. The highest BCUT2D eigenvalue weighted by Crippen LogP contribution is 2.33. The molecule has 0 radical (unpaired) electrons. The summed E-state index contributed by atoms with van der Waals surface area (Å²) < 4.78 is 4.94. The van der Waals surface area contributed by atoms with E-state index in [2.05, 4.69) is 0 Å². The fourth-order valence-electron chi connectivity index (χ4n) is 2.37. The Morgan fingerprint density at radius 1 is 1.50 bits per heavy atom. The van der Waals surface area contributed by atoms with Crippen molar-refractivity contribution < 1.29 is 14.6 Å². The second-order valence-corrected chi connectivity index (χ2v) is 4.12. The Morgan fingerprint density at radius 3 is 2.64 bits per heavy atom. The van der Waals surface area contributed by atoms with Crippen LogP contribution in [0.3, 0.4) is 0 Å². The number of methoxy groups -OCH3 is 1. The predicted octanol–water partition coefficient (Wildman–Crippen LogP) is 2.30. The summed E-state index contributed by atoms with van der Waals surface area (Å²) >= 11 is 0. The van der Waals surface area contributed by atoms with E-state index in [1.165, 1.54) is 12.8 Å². The van der Waals surface area contributed by atoms with E-state index in [4.69, 9.17) is 9.84 Å². The summed E-state index contributed by atoms with van der Waals surface area (Å²) in [7, 11) is 1.66. The Morgan fingerprint density at radius 2 is 2.14 bits per heavy atom. The summed E-state index contributed by atoms with van der Waals surface area (Å²) in [5, 5.41) is 9.09. The molecule has 0 heterocycles. The molecule has 0 bridgehead atoms. The summed E-state index contributed by atoms with van der Waals surface area (Å²) in [4.78, 5) is 11.0. The van der Waals surface area contributed by atoms with E-state index in [0.717, 1.165) is 25.7 Å². The fourth-order valence-corrected chi connectivity index (χ4v) is 2.37. The van der Waals surface area contributed by atoms with Gasteiger partial charge in [0.25, 0.3) is 0 Å². The van der Waals surface area contributed by atoms with Gasteiger partial charge in [-0.1, -0.05) is 12.8 Å². The molecule has 0 spiro atoms. The summed E-state index contributed by atoms with van der Waals surface area (Å²) in [6.45, 7) is 0.677. The largest absolute Gasteiger partial charge is 0.481 e. The third-order valence-electron chi connectivity index (χ3n) is 3.15. The maximum Gasteiger partial charge on any atom is 0.306 e. The molecule has 1 rings (SSSR count). The smallest absolute Gasteiger partial charge is 0.306 e. The molecule has 1 aliphatic rings. The quantitative estimate of drug-likeness (QED) is 0.669. The normalized spacial score (nSPS) is 19.8. The number of hydrogen-bond donors (Lipinski definition) is 1. The highest BCUT2D eigenvalue weighted by molar-refractivity contribution is 5.70. The lowest BCUT2D eigenvalue weighted by Gasteiger charge is -2.18. The molecule has 1 saturated carbocycles. The topological polar surface area (TPSA) is 46.5 Å². The number of hydrogen-bond acceptors (Lipinski definition) is 2. The van der Waals surface area contributed by atoms with Crippen LogP contribution in [0.25, 0.3) is 0 Å². The molecule has 1 aliphatic carbocycles. The molecule has 3 nitrogen and oxygen atoms in total. The van der Waals surface area contributed by atoms with Crippen LogP contribution in [-0.4, -0.2) is 24.8 Å². The van der Waals surface area contributed by atoms with Crippen LogP contribution in [-0.2, 0) is 9.53 Å². The van der Waals surface area contributed by atoms with Gasteiger partial charge in [-0.25, -0.2) is 0 Å². The number of carbonyl (C=O) groups is 1. The van der Waals surface area contributed by atoms with Crippen LogP contribution in [0.5, 0.6) is 0 Å². The molecule has 0 aliphatic heterocycles. The molecular weight excluding hydrogens is 180 g/mol. The molecule has 82 valence electrons. The van der Waals surface area contributed by atoms with Crippen molar-refractivity contribution in [2.75, 3.05) is 13.7 Å². The molecule has 0 aromatic rings. The zero-order valence-corrected chi connectivity index (χ0v) is 8.87. The molecule has 0 aromatic carbocycles. The minimum atomic E-state index is -0.618. The first-order valence-corrected chi connectivity index (χ1v) is 5.47. The first-order valence-electron chi connectivity index (χ1n) is 5.47. The van der Waals surface area contributed by atoms with E-state index in [1.54, 1.807) is 7.11 Å². The lowest BCUT2D eigenvalue weighted by atomic mass is 9.87. The van der Waals surface area contributed by atoms with Gasteiger partial charge in [-0.3, -0.25) is 4.79 Å². The van der Waals surface area contributed by atoms with Gasteiger partial charge in [0.05, 0.1) is 5.92 Å². The van der Waals surface area contributed by atoms with Gasteiger partial charge >= 0.3 is 5.97 Å². The molecule has 14 heavy (non-hydrogen) atoms. The average Bonchev–Trinajstić information content (AvgIpc) is 2.64. The van der Waals surface area contributed by atoms with Crippen LogP contribution >= 0.6 is 0 Å². The van der Waals surface area contributed by atoms with Gasteiger partial charge < -0.3 is 9.84 Å². The van der Waals surface area contributed by atoms with E-state index in [9.17, 15) is 4.79 Å². The van der Waals surface area contributed by atoms with Gasteiger partial charge in [0.15, 0.2) is 0 Å². The fraction of sp³-hybridized carbons (Fsp3) is 0.909. The van der Waals surface area contributed by atoms with Crippen LogP contribution < -0.4 is 0 Å². The maximum atomic E-state index is 11.0. The summed E-state index contributed by atoms with van der Waals surface area (Å²) in [5.41, 5.74) is 0. The van der Waals surface area contributed by atoms with E-state index < -0.39 is 5.97 Å². The van der Waals surface area contributed by atoms with Crippen molar-refractivity contribution in [1.29, 1.82) is 0 Å². The van der Waals surface area contributed by atoms with Crippen LogP contribution in [0, 0.1) is 11.8 Å². The Labute approximate surface area is 85.5 Å². The number of carboxylic acid groups (broad SMARTS) is 1. The Kier molecular flexibility index (Phi) is 4.94. The minimum absolute atomic E-state index is 0.132. The zero-order chi connectivity index (χ0) is 10.4. The van der Waals surface area contributed by atoms with Crippen LogP contribution in [0.1, 0.15) is 38.5 Å². The van der Waals surface area contributed by atoms with Crippen molar-refractivity contribution in [2.45, 2.75) is 38.5 Å². The lowest BCUT2D eigenvalue weighted by molar-refractivity contribution is -0.144. The molecule has 0 amide bonds. The number of carboxylic acids is 1. The number of ether oxygens (including phenoxy) is 1. The second kappa shape index (κ2) is 6.02. The monoisotopic (exact) mass is 200 g/mol. The Balaban J connectivity index is 2.34. The van der Waals surface area contributed by atoms with E-state index in [-0.39, 0.29) is 5.92 Å². The maximum absolute atomic E-state index is 11.0. The van der Waals surface area contributed by atoms with Gasteiger partial charge in [-0.15, -0.1) is 0 Å². The van der Waals surface area contributed by atoms with E-state index >= 15 is 0 Å². The van der Waals surface area contributed by atoms with Gasteiger partial charge in [0.2, 0.25) is 0 Å². The first-order chi connectivity index (χ1) is 6.75. The van der Waals surface area contributed by atoms with Crippen molar-refractivity contribution in [2.24, 2.45) is 11.8 Å². The Bertz CT molecular complexity index is 173. The second-order valence-electron chi connectivity index (χ2n) is 4.12. The minimum Gasteiger partial charge on any atom is -0.481 e. The van der Waals surface area contributed by atoms with Gasteiger partial charge in [-0.05, 0) is 31.6 Å². The van der Waals surface area contributed by atoms with Gasteiger partial charge in [-0.2, -0.15) is 0 Å². The first kappa shape index (κ1) is 11.5. The summed E-state index contributed by atoms with van der Waals surface area (Å²) in [6.07, 6.45) is 6.25. The summed E-state index contributed by atoms with van der Waals surface area (Å²) in [5.74, 6) is -0.329. The van der Waals surface area contributed by atoms with Crippen molar-refractivity contribution >= 4 is 5.97 Å². The highest BCUT2D eigenvalue weighted by atomic mass is 16.5. The van der Waals surface area contributed by atoms with E-state index in [1.807, 2.05) is 0 Å². The van der Waals surface area contributed by atoms with Crippen LogP contribution in [0.15, 0.2) is 0 Å². The average molecular weight is 200 g/mol. The van der Waals surface area contributed by atoms with E-state index in [0.29, 0.717) is 12.5 Å². The van der Waals surface area contributed by atoms with Crippen molar-refractivity contribution in [3.63, 3.8) is 0 Å². The molecule has 0 saturated heterocycles. The SMILES string of the molecule is COCCCC(C(=O)O)C1CCCC1. The highest BCUT2D eigenvalue weighted by Gasteiger charge is 2.29. The van der Waals surface area contributed by atoms with Gasteiger partial charge in [0.1, 0.15) is 0 Å². The molecule has 3 heteroatoms. The summed E-state index contributed by atoms with van der Waals surface area (Å²) in [6, 6.07) is 0. The third-order valence-corrected chi connectivity index (χ3v) is 3.15. The molecule has 1 atom stereocenters. The Hall–Kier alpha value is -0.570. The third kappa shape index (κ3) is 3.29. The van der Waals surface area contributed by atoms with Gasteiger partial charge in [0, 0.05) is 13.7 Å². The molecule has 0 aromatic heterocycles. The lowest BCUT2D eigenvalue weighted by Crippen LogP contribution is -2.22.